The Morgan fingerprint density at radius 1 is 1.28 bits per heavy atom. The van der Waals surface area contributed by atoms with E-state index >= 15 is 0 Å². The molecular weight excluding hydrogens is 391 g/mol. The fourth-order valence-corrected chi connectivity index (χ4v) is 4.10. The average molecular weight is 419 g/mol. The average Bonchev–Trinajstić information content (AvgIpc) is 2.69. The third kappa shape index (κ3) is 5.70. The van der Waals surface area contributed by atoms with Gasteiger partial charge in [0, 0.05) is 10.9 Å². The number of ether oxygens (including phenoxy) is 1. The molecule has 0 aliphatic heterocycles. The van der Waals surface area contributed by atoms with E-state index in [0.717, 1.165) is 42.8 Å². The van der Waals surface area contributed by atoms with E-state index in [1.807, 2.05) is 38.3 Å². The van der Waals surface area contributed by atoms with Crippen molar-refractivity contribution in [3.63, 3.8) is 0 Å². The van der Waals surface area contributed by atoms with Crippen LogP contribution in [0, 0.1) is 11.7 Å². The summed E-state index contributed by atoms with van der Waals surface area (Å²) in [6, 6.07) is 8.55. The summed E-state index contributed by atoms with van der Waals surface area (Å²) in [7, 11) is 0. The highest BCUT2D eigenvalue weighted by Gasteiger charge is 2.32. The van der Waals surface area contributed by atoms with Gasteiger partial charge in [-0.25, -0.2) is 9.37 Å². The summed E-state index contributed by atoms with van der Waals surface area (Å²) < 4.78 is 19.6. The molecule has 1 amide bonds. The molecule has 0 radical (unpaired) electrons. The van der Waals surface area contributed by atoms with Gasteiger partial charge in [-0.2, -0.15) is 0 Å². The number of hydrogen-bond donors (Lipinski definition) is 2. The number of pyridine rings is 1. The fourth-order valence-electron chi connectivity index (χ4n) is 3.65. The Bertz CT molecular complexity index is 861. The normalized spacial score (nSPS) is 19.6. The number of benzene rings is 1. The van der Waals surface area contributed by atoms with E-state index < -0.39 is 17.3 Å². The lowest BCUT2D eigenvalue weighted by molar-refractivity contribution is -0.00257. The molecule has 0 unspecified atom stereocenters. The van der Waals surface area contributed by atoms with E-state index in [0.29, 0.717) is 5.75 Å². The summed E-state index contributed by atoms with van der Waals surface area (Å²) in [6.45, 7) is 3.65. The molecule has 0 bridgehead atoms. The van der Waals surface area contributed by atoms with Gasteiger partial charge in [0.1, 0.15) is 17.1 Å². The first-order valence-corrected chi connectivity index (χ1v) is 11.0. The summed E-state index contributed by atoms with van der Waals surface area (Å²) in [4.78, 5) is 17.8. The van der Waals surface area contributed by atoms with E-state index in [2.05, 4.69) is 10.3 Å². The van der Waals surface area contributed by atoms with Crippen molar-refractivity contribution in [3.05, 3.63) is 47.9 Å². The van der Waals surface area contributed by atoms with Crippen LogP contribution in [0.4, 0.5) is 4.39 Å². The summed E-state index contributed by atoms with van der Waals surface area (Å²) in [6.07, 6.45) is 6.21. The quantitative estimate of drug-likeness (QED) is 0.660. The number of aliphatic hydroxyl groups is 1. The Morgan fingerprint density at radius 3 is 2.66 bits per heavy atom. The van der Waals surface area contributed by atoms with Crippen molar-refractivity contribution in [2.75, 3.05) is 6.26 Å². The van der Waals surface area contributed by atoms with Crippen LogP contribution in [0.15, 0.2) is 41.4 Å². The van der Waals surface area contributed by atoms with Gasteiger partial charge in [0.15, 0.2) is 0 Å². The highest BCUT2D eigenvalue weighted by Crippen LogP contribution is 2.33. The van der Waals surface area contributed by atoms with Crippen LogP contribution in [0.2, 0.25) is 0 Å². The number of carbonyl (C=O) groups is 1. The minimum absolute atomic E-state index is 0.0166. The van der Waals surface area contributed by atoms with Crippen molar-refractivity contribution in [3.8, 4) is 11.6 Å². The molecule has 7 heteroatoms. The second-order valence-electron chi connectivity index (χ2n) is 7.96. The van der Waals surface area contributed by atoms with Crippen LogP contribution in [0.3, 0.4) is 0 Å². The third-order valence-electron chi connectivity index (χ3n) is 5.38. The van der Waals surface area contributed by atoms with Crippen molar-refractivity contribution in [1.29, 1.82) is 0 Å². The molecule has 1 heterocycles. The maximum Gasteiger partial charge on any atom is 0.257 e. The van der Waals surface area contributed by atoms with E-state index in [1.54, 1.807) is 17.8 Å². The first kappa shape index (κ1) is 21.6. The highest BCUT2D eigenvalue weighted by atomic mass is 32.2. The summed E-state index contributed by atoms with van der Waals surface area (Å²) in [5.41, 5.74) is -0.641. The van der Waals surface area contributed by atoms with E-state index in [1.165, 1.54) is 0 Å². The standard InChI is InChI=1S/C22H27FN2O3S/c1-22(2,27)14-7-9-16(10-8-14)25-20(26)19-11-15(23)13-24-21(19)28-17-5-4-6-18(12-17)29-3/h4-6,11-14,16,27H,7-10H2,1-3H3,(H,25,26). The van der Waals surface area contributed by atoms with Gasteiger partial charge in [-0.1, -0.05) is 6.07 Å². The minimum Gasteiger partial charge on any atom is -0.438 e. The van der Waals surface area contributed by atoms with Crippen molar-refractivity contribution >= 4 is 17.7 Å². The largest absolute Gasteiger partial charge is 0.438 e. The molecule has 2 aromatic rings. The minimum atomic E-state index is -0.715. The Labute approximate surface area is 175 Å². The van der Waals surface area contributed by atoms with Crippen molar-refractivity contribution in [2.24, 2.45) is 5.92 Å². The van der Waals surface area contributed by atoms with Crippen molar-refractivity contribution in [1.82, 2.24) is 10.3 Å². The molecule has 1 saturated carbocycles. The van der Waals surface area contributed by atoms with Crippen molar-refractivity contribution < 1.29 is 19.0 Å². The predicted molar refractivity (Wildman–Crippen MR) is 112 cm³/mol. The van der Waals surface area contributed by atoms with Gasteiger partial charge in [0.05, 0.1) is 11.8 Å². The van der Waals surface area contributed by atoms with E-state index in [9.17, 15) is 14.3 Å². The van der Waals surface area contributed by atoms with Gasteiger partial charge in [0.25, 0.3) is 5.91 Å². The van der Waals surface area contributed by atoms with Crippen LogP contribution in [-0.4, -0.2) is 33.9 Å². The number of nitrogens with zero attached hydrogens (tertiary/aromatic N) is 1. The zero-order valence-electron chi connectivity index (χ0n) is 16.9. The molecule has 0 spiro atoms. The lowest BCUT2D eigenvalue weighted by Gasteiger charge is -2.36. The van der Waals surface area contributed by atoms with Crippen LogP contribution in [0.1, 0.15) is 49.9 Å². The summed E-state index contributed by atoms with van der Waals surface area (Å²) in [5.74, 6) is -0.164. The van der Waals surface area contributed by atoms with E-state index in [4.69, 9.17) is 4.74 Å². The first-order chi connectivity index (χ1) is 13.8. The SMILES string of the molecule is CSc1cccc(Oc2ncc(F)cc2C(=O)NC2CCC(C(C)(C)O)CC2)c1. The molecular formula is C22H27FN2O3S. The Kier molecular flexibility index (Phi) is 6.80. The second-order valence-corrected chi connectivity index (χ2v) is 8.84. The Balaban J connectivity index is 1.71. The maximum atomic E-state index is 13.8. The maximum absolute atomic E-state index is 13.8. The lowest BCUT2D eigenvalue weighted by atomic mass is 9.77. The molecule has 5 nitrogen and oxygen atoms in total. The highest BCUT2D eigenvalue weighted by molar-refractivity contribution is 7.98. The zero-order chi connectivity index (χ0) is 21.0. The number of hydrogen-bond acceptors (Lipinski definition) is 5. The van der Waals surface area contributed by atoms with Gasteiger partial charge >= 0.3 is 0 Å². The molecule has 1 aromatic heterocycles. The monoisotopic (exact) mass is 418 g/mol. The molecule has 156 valence electrons. The van der Waals surface area contributed by atoms with Crippen LogP contribution in [-0.2, 0) is 0 Å². The van der Waals surface area contributed by atoms with Crippen molar-refractivity contribution in [2.45, 2.75) is 56.1 Å². The number of carbonyl (C=O) groups excluding carboxylic acids is 1. The molecule has 1 aromatic carbocycles. The predicted octanol–water partition coefficient (Wildman–Crippen LogP) is 4.79. The zero-order valence-corrected chi connectivity index (χ0v) is 17.8. The van der Waals surface area contributed by atoms with Gasteiger partial charge < -0.3 is 15.2 Å². The second kappa shape index (κ2) is 9.13. The van der Waals surface area contributed by atoms with Gasteiger partial charge in [0.2, 0.25) is 5.88 Å². The molecule has 1 aliphatic rings. The smallest absolute Gasteiger partial charge is 0.257 e. The summed E-state index contributed by atoms with van der Waals surface area (Å²) >= 11 is 1.57. The number of thioether (sulfide) groups is 1. The van der Waals surface area contributed by atoms with Gasteiger partial charge in [-0.15, -0.1) is 11.8 Å². The molecule has 1 aliphatic carbocycles. The molecule has 2 N–H and O–H groups in total. The number of amides is 1. The molecule has 0 atom stereocenters. The van der Waals surface area contributed by atoms with Crippen LogP contribution >= 0.6 is 11.8 Å². The topological polar surface area (TPSA) is 71.5 Å². The molecule has 3 rings (SSSR count). The number of halogens is 1. The third-order valence-corrected chi connectivity index (χ3v) is 6.10. The van der Waals surface area contributed by atoms with Crippen LogP contribution in [0.5, 0.6) is 11.6 Å². The summed E-state index contributed by atoms with van der Waals surface area (Å²) in [5, 5.41) is 13.1. The van der Waals surface area contributed by atoms with Gasteiger partial charge in [-0.3, -0.25) is 4.79 Å². The lowest BCUT2D eigenvalue weighted by Crippen LogP contribution is -2.41. The first-order valence-electron chi connectivity index (χ1n) is 9.77. The van der Waals surface area contributed by atoms with Crippen LogP contribution < -0.4 is 10.1 Å². The van der Waals surface area contributed by atoms with E-state index in [-0.39, 0.29) is 23.4 Å². The fraction of sp³-hybridized carbons (Fsp3) is 0.455. The number of nitrogens with one attached hydrogen (secondary N) is 1. The Hall–Kier alpha value is -2.12. The van der Waals surface area contributed by atoms with Crippen LogP contribution in [0.25, 0.3) is 0 Å². The number of rotatable bonds is 6. The Morgan fingerprint density at radius 2 is 2.00 bits per heavy atom. The number of aromatic nitrogens is 1. The van der Waals surface area contributed by atoms with Gasteiger partial charge in [-0.05, 0) is 76.0 Å². The molecule has 0 saturated heterocycles. The molecule has 1 fully saturated rings. The molecule has 29 heavy (non-hydrogen) atoms.